The number of carbonyl (C=O) groups is 1. The van der Waals surface area contributed by atoms with Gasteiger partial charge in [-0.3, -0.25) is 18.7 Å². The molecule has 8 heteroatoms. The number of aromatic nitrogens is 4. The van der Waals surface area contributed by atoms with Crippen LogP contribution in [0.5, 0.6) is 0 Å². The number of nitrogens with one attached hydrogen (secondary N) is 1. The minimum absolute atomic E-state index is 0.157. The van der Waals surface area contributed by atoms with Gasteiger partial charge in [-0.15, -0.1) is 0 Å². The van der Waals surface area contributed by atoms with Crippen molar-refractivity contribution < 1.29 is 9.53 Å². The molecule has 0 spiro atoms. The molecule has 0 fully saturated rings. The Morgan fingerprint density at radius 1 is 1.32 bits per heavy atom. The second-order valence-corrected chi connectivity index (χ2v) is 4.16. The van der Waals surface area contributed by atoms with Crippen LogP contribution in [0.2, 0.25) is 0 Å². The molecule has 1 N–H and O–H groups in total. The summed E-state index contributed by atoms with van der Waals surface area (Å²) in [5.74, 6) is 0.112. The van der Waals surface area contributed by atoms with Gasteiger partial charge in [0.1, 0.15) is 11.3 Å². The molecule has 2 aromatic heterocycles. The Balaban J connectivity index is 2.49. The molecule has 2 rings (SSSR count). The average molecular weight is 266 g/mol. The Labute approximate surface area is 107 Å². The molecule has 0 aromatic carbocycles. The van der Waals surface area contributed by atoms with E-state index >= 15 is 0 Å². The van der Waals surface area contributed by atoms with E-state index < -0.39 is 11.2 Å². The van der Waals surface area contributed by atoms with Gasteiger partial charge in [0.2, 0.25) is 0 Å². The highest BCUT2D eigenvalue weighted by molar-refractivity contribution is 5.71. The van der Waals surface area contributed by atoms with E-state index in [1.807, 2.05) is 0 Å². The molecule has 2 aromatic rings. The topological polar surface area (TPSA) is 99.0 Å². The number of aryl methyl sites for hydroxylation is 2. The number of aromatic amines is 1. The molecule has 0 atom stereocenters. The molecule has 0 amide bonds. The number of methoxy groups -OCH3 is 1. The molecule has 0 saturated heterocycles. The van der Waals surface area contributed by atoms with Crippen molar-refractivity contribution in [2.45, 2.75) is 12.8 Å². The lowest BCUT2D eigenvalue weighted by Crippen LogP contribution is -2.36. The third kappa shape index (κ3) is 2.16. The first-order valence-corrected chi connectivity index (χ1v) is 5.67. The van der Waals surface area contributed by atoms with Crippen LogP contribution in [0.3, 0.4) is 0 Å². The predicted molar refractivity (Wildman–Crippen MR) is 66.9 cm³/mol. The molecule has 0 unspecified atom stereocenters. The van der Waals surface area contributed by atoms with Crippen molar-refractivity contribution in [3.8, 4) is 0 Å². The van der Waals surface area contributed by atoms with E-state index in [9.17, 15) is 14.4 Å². The van der Waals surface area contributed by atoms with E-state index in [1.165, 1.54) is 25.8 Å². The van der Waals surface area contributed by atoms with Gasteiger partial charge in [-0.05, 0) is 0 Å². The minimum atomic E-state index is -0.441. The number of fused-ring (bicyclic) bond motifs is 1. The summed E-state index contributed by atoms with van der Waals surface area (Å²) in [6, 6.07) is 0. The number of hydrogen-bond donors (Lipinski definition) is 1. The van der Waals surface area contributed by atoms with Crippen molar-refractivity contribution in [2.75, 3.05) is 7.11 Å². The number of carbonyl (C=O) groups excluding carboxylic acids is 1. The van der Waals surface area contributed by atoms with Crippen molar-refractivity contribution in [1.29, 1.82) is 0 Å². The summed E-state index contributed by atoms with van der Waals surface area (Å²) in [7, 11) is 4.24. The molecule has 0 saturated carbocycles. The lowest BCUT2D eigenvalue weighted by atomic mass is 10.3. The normalized spacial score (nSPS) is 10.9. The van der Waals surface area contributed by atoms with Crippen LogP contribution in [0, 0.1) is 0 Å². The molecule has 8 nitrogen and oxygen atoms in total. The number of nitrogens with zero attached hydrogens (tertiary/aromatic N) is 3. The summed E-state index contributed by atoms with van der Waals surface area (Å²) in [6.07, 6.45) is 0.475. The Morgan fingerprint density at radius 2 is 2.00 bits per heavy atom. The van der Waals surface area contributed by atoms with Gasteiger partial charge in [0.05, 0.1) is 13.5 Å². The molecular formula is C11H14N4O4. The Kier molecular flexibility index (Phi) is 3.24. The van der Waals surface area contributed by atoms with E-state index in [0.717, 1.165) is 4.57 Å². The molecule has 2 heterocycles. The highest BCUT2D eigenvalue weighted by Gasteiger charge is 2.13. The summed E-state index contributed by atoms with van der Waals surface area (Å²) in [4.78, 5) is 41.7. The Morgan fingerprint density at radius 3 is 2.63 bits per heavy atom. The number of H-pyrrole nitrogens is 1. The zero-order valence-corrected chi connectivity index (χ0v) is 10.9. The number of rotatable bonds is 3. The number of hydrogen-bond acceptors (Lipinski definition) is 5. The fourth-order valence-corrected chi connectivity index (χ4v) is 1.81. The summed E-state index contributed by atoms with van der Waals surface area (Å²) >= 11 is 0. The van der Waals surface area contributed by atoms with Gasteiger partial charge < -0.3 is 9.72 Å². The predicted octanol–water partition coefficient (Wildman–Crippen LogP) is -0.934. The van der Waals surface area contributed by atoms with Crippen LogP contribution in [-0.2, 0) is 30.0 Å². The van der Waals surface area contributed by atoms with Gasteiger partial charge in [0, 0.05) is 20.5 Å². The van der Waals surface area contributed by atoms with Crippen LogP contribution >= 0.6 is 0 Å². The molecule has 102 valence electrons. The van der Waals surface area contributed by atoms with Crippen LogP contribution in [0.1, 0.15) is 12.2 Å². The maximum Gasteiger partial charge on any atom is 0.332 e. The molecule has 0 bridgehead atoms. The summed E-state index contributed by atoms with van der Waals surface area (Å²) in [5, 5.41) is 0. The maximum absolute atomic E-state index is 11.9. The minimum Gasteiger partial charge on any atom is -0.469 e. The number of esters is 1. The molecule has 0 radical (unpaired) electrons. The first kappa shape index (κ1) is 13.1. The van der Waals surface area contributed by atoms with Gasteiger partial charge in [-0.1, -0.05) is 0 Å². The van der Waals surface area contributed by atoms with Crippen molar-refractivity contribution in [3.63, 3.8) is 0 Å². The second-order valence-electron chi connectivity index (χ2n) is 4.16. The summed E-state index contributed by atoms with van der Waals surface area (Å²) in [6.45, 7) is 0. The number of ether oxygens (including phenoxy) is 1. The highest BCUT2D eigenvalue weighted by atomic mass is 16.5. The van der Waals surface area contributed by atoms with E-state index in [-0.39, 0.29) is 23.6 Å². The molecule has 0 aliphatic heterocycles. The van der Waals surface area contributed by atoms with Crippen molar-refractivity contribution in [3.05, 3.63) is 26.7 Å². The monoisotopic (exact) mass is 266 g/mol. The molecule has 19 heavy (non-hydrogen) atoms. The van der Waals surface area contributed by atoms with E-state index in [4.69, 9.17) is 0 Å². The lowest BCUT2D eigenvalue weighted by Gasteiger charge is -2.00. The fraction of sp³-hybridized carbons (Fsp3) is 0.455. The number of imidazole rings is 1. The Bertz CT molecular complexity index is 752. The van der Waals surface area contributed by atoms with Crippen molar-refractivity contribution in [2.24, 2.45) is 14.1 Å². The zero-order chi connectivity index (χ0) is 14.2. The first-order chi connectivity index (χ1) is 8.95. The van der Waals surface area contributed by atoms with Gasteiger partial charge in [0.25, 0.3) is 5.56 Å². The third-order valence-corrected chi connectivity index (χ3v) is 2.94. The lowest BCUT2D eigenvalue weighted by molar-refractivity contribution is -0.140. The van der Waals surface area contributed by atoms with Crippen LogP contribution in [-0.4, -0.2) is 32.2 Å². The summed E-state index contributed by atoms with van der Waals surface area (Å²) < 4.78 is 6.82. The third-order valence-electron chi connectivity index (χ3n) is 2.94. The molecule has 0 aliphatic rings. The smallest absolute Gasteiger partial charge is 0.332 e. The quantitative estimate of drug-likeness (QED) is 0.723. The second kappa shape index (κ2) is 4.71. The van der Waals surface area contributed by atoms with Gasteiger partial charge in [0.15, 0.2) is 5.65 Å². The highest BCUT2D eigenvalue weighted by Crippen LogP contribution is 2.06. The van der Waals surface area contributed by atoms with Crippen molar-refractivity contribution in [1.82, 2.24) is 19.1 Å². The molecular weight excluding hydrogens is 252 g/mol. The van der Waals surface area contributed by atoms with Gasteiger partial charge in [-0.2, -0.15) is 0 Å². The van der Waals surface area contributed by atoms with E-state index in [1.54, 1.807) is 0 Å². The van der Waals surface area contributed by atoms with Crippen molar-refractivity contribution >= 4 is 17.1 Å². The van der Waals surface area contributed by atoms with Gasteiger partial charge in [-0.25, -0.2) is 9.78 Å². The SMILES string of the molecule is COC(=O)CCc1nc2c([nH]1)c(=O)n(C)c(=O)n2C. The van der Waals surface area contributed by atoms with Crippen LogP contribution in [0.4, 0.5) is 0 Å². The average Bonchev–Trinajstić information content (AvgIpc) is 2.84. The standard InChI is InChI=1S/C11H14N4O4/c1-14-9-8(10(17)15(2)11(14)18)12-6(13-9)4-5-7(16)19-3/h4-5H2,1-3H3,(H,12,13). The van der Waals surface area contributed by atoms with Crippen LogP contribution < -0.4 is 11.2 Å². The Hall–Kier alpha value is -2.38. The fourth-order valence-electron chi connectivity index (χ4n) is 1.81. The van der Waals surface area contributed by atoms with E-state index in [0.29, 0.717) is 12.2 Å². The largest absolute Gasteiger partial charge is 0.469 e. The van der Waals surface area contributed by atoms with Crippen LogP contribution in [0.15, 0.2) is 9.59 Å². The maximum atomic E-state index is 11.9. The molecule has 0 aliphatic carbocycles. The van der Waals surface area contributed by atoms with E-state index in [2.05, 4.69) is 14.7 Å². The van der Waals surface area contributed by atoms with Gasteiger partial charge >= 0.3 is 11.7 Å². The first-order valence-electron chi connectivity index (χ1n) is 5.67. The summed E-state index contributed by atoms with van der Waals surface area (Å²) in [5.41, 5.74) is -0.337. The zero-order valence-electron chi connectivity index (χ0n) is 10.9. The van der Waals surface area contributed by atoms with Crippen LogP contribution in [0.25, 0.3) is 11.2 Å².